The van der Waals surface area contributed by atoms with E-state index in [1.807, 2.05) is 0 Å². The molecule has 4 fully saturated rings. The Morgan fingerprint density at radius 2 is 1.75 bits per heavy atom. The molecular formula is C23H24F3N9O9P2S2. The summed E-state index contributed by atoms with van der Waals surface area (Å²) in [4.78, 5) is 53.0. The maximum atomic E-state index is 16.2. The molecule has 48 heavy (non-hydrogen) atoms. The standard InChI is InChI=1S/C23H24F3N9O9P2S2/c24-11-13-9(41-19(11)35-7-31-12-17(35)32-21(28)33-18(12)36)3-39-46(38,48)44-14-20(34-2-1-8-15(27)29-6-30-16(8)34)42-10(4-40-45(37,47)43-13)22(14)5-23(22,25)26/h1-2,6-7,9-11,13-14,19-20H,3-5H2,(H,37,47)(H,38,48)(H2,27,29,30)(H3,28,32,33,36)/t9-,10-,11-,13-,14+,19-,20-,22-,45?,46?/m1/s1. The zero-order valence-electron chi connectivity index (χ0n) is 23.9. The quantitative estimate of drug-likeness (QED) is 0.180. The number of ether oxygens (including phenoxy) is 2. The van der Waals surface area contributed by atoms with Gasteiger partial charge >= 0.3 is 13.4 Å². The Morgan fingerprint density at radius 3 is 2.50 bits per heavy atom. The number of anilines is 2. The molecule has 2 unspecified atom stereocenters. The topological polar surface area (TPSA) is 242 Å². The third-order valence-electron chi connectivity index (χ3n) is 8.81. The molecule has 4 aromatic rings. The lowest BCUT2D eigenvalue weighted by Crippen LogP contribution is -2.37. The van der Waals surface area contributed by atoms with Gasteiger partial charge in [-0.2, -0.15) is 4.98 Å². The number of hydrogen-bond acceptors (Lipinski definition) is 15. The fraction of sp³-hybridized carbons (Fsp3) is 0.522. The van der Waals surface area contributed by atoms with Gasteiger partial charge in [-0.1, -0.05) is 0 Å². The zero-order valence-corrected chi connectivity index (χ0v) is 27.3. The molecule has 18 nitrogen and oxygen atoms in total. The Hall–Kier alpha value is -2.66. The van der Waals surface area contributed by atoms with Crippen LogP contribution in [0.4, 0.5) is 24.9 Å². The second kappa shape index (κ2) is 10.9. The summed E-state index contributed by atoms with van der Waals surface area (Å²) in [7, 11) is 0. The number of halogens is 3. The van der Waals surface area contributed by atoms with Crippen molar-refractivity contribution < 1.29 is 50.5 Å². The van der Waals surface area contributed by atoms with Gasteiger partial charge < -0.3 is 44.3 Å². The van der Waals surface area contributed by atoms with E-state index in [9.17, 15) is 14.6 Å². The first kappa shape index (κ1) is 32.5. The van der Waals surface area contributed by atoms with Crippen molar-refractivity contribution in [3.8, 4) is 0 Å². The first-order valence-electron chi connectivity index (χ1n) is 14.0. The summed E-state index contributed by atoms with van der Waals surface area (Å²) in [6.07, 6.45) is -8.50. The molecule has 2 bridgehead atoms. The Bertz CT molecular complexity index is 2120. The number of fused-ring (bicyclic) bond motifs is 3. The molecule has 3 saturated heterocycles. The van der Waals surface area contributed by atoms with E-state index in [2.05, 4.69) is 24.9 Å². The predicted octanol–water partition coefficient (Wildman–Crippen LogP) is 1.14. The lowest BCUT2D eigenvalue weighted by atomic mass is 9.94. The van der Waals surface area contributed by atoms with Crippen LogP contribution in [0.1, 0.15) is 18.9 Å². The fourth-order valence-corrected chi connectivity index (χ4v) is 9.38. The van der Waals surface area contributed by atoms with Crippen LogP contribution in [-0.2, 0) is 51.2 Å². The molecule has 258 valence electrons. The number of nitrogen functional groups attached to an aromatic ring is 2. The van der Waals surface area contributed by atoms with Crippen LogP contribution >= 0.6 is 13.4 Å². The first-order valence-corrected chi connectivity index (χ1v) is 19.2. The molecule has 8 rings (SSSR count). The number of H-pyrrole nitrogens is 1. The maximum absolute atomic E-state index is 16.2. The smallest absolute Gasteiger partial charge is 0.325 e. The molecule has 25 heteroatoms. The Labute approximate surface area is 276 Å². The molecule has 0 amide bonds. The molecule has 0 aromatic carbocycles. The highest BCUT2D eigenvalue weighted by Gasteiger charge is 2.83. The highest BCUT2D eigenvalue weighted by atomic mass is 32.5. The van der Waals surface area contributed by atoms with Crippen molar-refractivity contribution in [2.75, 3.05) is 24.7 Å². The highest BCUT2D eigenvalue weighted by molar-refractivity contribution is 8.07. The molecule has 1 aliphatic carbocycles. The molecule has 4 aliphatic rings. The minimum absolute atomic E-state index is 0.113. The Balaban J connectivity index is 1.15. The van der Waals surface area contributed by atoms with Crippen molar-refractivity contribution in [2.24, 2.45) is 5.41 Å². The third kappa shape index (κ3) is 5.03. The number of nitrogens with zero attached hydrogens (tertiary/aromatic N) is 6. The van der Waals surface area contributed by atoms with E-state index < -0.39 is 93.0 Å². The van der Waals surface area contributed by atoms with Crippen LogP contribution in [-0.4, -0.2) is 93.6 Å². The number of nitrogens with two attached hydrogens (primary N) is 2. The van der Waals surface area contributed by atoms with Gasteiger partial charge in [0.25, 0.3) is 11.5 Å². The van der Waals surface area contributed by atoms with Gasteiger partial charge in [-0.3, -0.25) is 23.4 Å². The van der Waals surface area contributed by atoms with E-state index in [4.69, 9.17) is 62.6 Å². The van der Waals surface area contributed by atoms with Crippen LogP contribution in [0, 0.1) is 5.41 Å². The molecule has 0 radical (unpaired) electrons. The fourth-order valence-electron chi connectivity index (χ4n) is 6.52. The number of hydrogen-bond donors (Lipinski definition) is 5. The van der Waals surface area contributed by atoms with Crippen LogP contribution in [0.3, 0.4) is 0 Å². The van der Waals surface area contributed by atoms with Crippen LogP contribution in [0.25, 0.3) is 22.2 Å². The summed E-state index contributed by atoms with van der Waals surface area (Å²) in [5.74, 6) is -3.57. The third-order valence-corrected chi connectivity index (χ3v) is 11.9. The maximum Gasteiger partial charge on any atom is 0.325 e. The van der Waals surface area contributed by atoms with Crippen LogP contribution in [0.5, 0.6) is 0 Å². The average molecular weight is 754 g/mol. The lowest BCUT2D eigenvalue weighted by molar-refractivity contribution is -0.0604. The van der Waals surface area contributed by atoms with Gasteiger partial charge in [0.05, 0.1) is 36.4 Å². The van der Waals surface area contributed by atoms with E-state index in [1.54, 1.807) is 6.07 Å². The van der Waals surface area contributed by atoms with Gasteiger partial charge in [0.2, 0.25) is 5.95 Å². The molecule has 1 spiro atoms. The number of rotatable bonds is 2. The normalized spacial score (nSPS) is 39.6. The number of imidazole rings is 1. The number of nitrogens with one attached hydrogen (secondary N) is 1. The van der Waals surface area contributed by atoms with Crippen LogP contribution < -0.4 is 17.0 Å². The average Bonchev–Trinajstić information content (AvgIpc) is 3.49. The summed E-state index contributed by atoms with van der Waals surface area (Å²) in [6.45, 7) is -10.4. The SMILES string of the molecule is Nc1nc2c(ncn2[C@@H]2O[C@@H]3COP(O)(=S)O[C@H]4[C@H](n5ccc6c(N)ncnc65)O[C@H](COP(O)(=S)O[C@H]3[C@H]2F)[C@]42CC2(F)F)c(=O)[nH]1. The number of alkyl halides is 3. The van der Waals surface area contributed by atoms with Gasteiger partial charge in [-0.25, -0.2) is 28.1 Å². The predicted molar refractivity (Wildman–Crippen MR) is 164 cm³/mol. The van der Waals surface area contributed by atoms with Crippen LogP contribution in [0.2, 0.25) is 0 Å². The minimum Gasteiger partial charge on any atom is -0.383 e. The van der Waals surface area contributed by atoms with E-state index in [0.29, 0.717) is 5.39 Å². The largest absolute Gasteiger partial charge is 0.383 e. The van der Waals surface area contributed by atoms with Gasteiger partial charge in [0.1, 0.15) is 36.1 Å². The van der Waals surface area contributed by atoms with Crippen molar-refractivity contribution in [2.45, 2.75) is 55.4 Å². The number of aromatic nitrogens is 7. The second-order valence-electron chi connectivity index (χ2n) is 11.6. The van der Waals surface area contributed by atoms with Crippen molar-refractivity contribution in [1.29, 1.82) is 0 Å². The number of aromatic amines is 1. The molecule has 7 heterocycles. The molecular weight excluding hydrogens is 729 g/mol. The van der Waals surface area contributed by atoms with Crippen LogP contribution in [0.15, 0.2) is 29.7 Å². The van der Waals surface area contributed by atoms with E-state index in [-0.39, 0.29) is 28.6 Å². The van der Waals surface area contributed by atoms with Gasteiger partial charge in [-0.15, -0.1) is 0 Å². The van der Waals surface area contributed by atoms with Crippen molar-refractivity contribution in [3.63, 3.8) is 0 Å². The highest BCUT2D eigenvalue weighted by Crippen LogP contribution is 2.73. The Kier molecular flexibility index (Phi) is 7.40. The van der Waals surface area contributed by atoms with Crippen molar-refractivity contribution in [1.82, 2.24) is 34.1 Å². The molecule has 7 N–H and O–H groups in total. The van der Waals surface area contributed by atoms with Gasteiger partial charge in [0.15, 0.2) is 29.8 Å². The minimum atomic E-state index is -4.46. The molecule has 10 atom stereocenters. The molecule has 3 aliphatic heterocycles. The summed E-state index contributed by atoms with van der Waals surface area (Å²) in [5.41, 5.74) is 8.72. The summed E-state index contributed by atoms with van der Waals surface area (Å²) in [5, 5.41) is 0.387. The zero-order chi connectivity index (χ0) is 34.0. The van der Waals surface area contributed by atoms with Gasteiger partial charge in [0, 0.05) is 12.6 Å². The van der Waals surface area contributed by atoms with Gasteiger partial charge in [-0.05, 0) is 29.7 Å². The summed E-state index contributed by atoms with van der Waals surface area (Å²) >= 11 is 10.4. The molecule has 1 saturated carbocycles. The Morgan fingerprint density at radius 1 is 1.02 bits per heavy atom. The van der Waals surface area contributed by atoms with E-state index >= 15 is 13.2 Å². The summed E-state index contributed by atoms with van der Waals surface area (Å²) in [6, 6.07) is 1.54. The lowest BCUT2D eigenvalue weighted by Gasteiger charge is -2.29. The van der Waals surface area contributed by atoms with Crippen molar-refractivity contribution in [3.05, 3.63) is 35.3 Å². The van der Waals surface area contributed by atoms with E-state index in [1.165, 1.54) is 17.1 Å². The monoisotopic (exact) mass is 753 g/mol. The summed E-state index contributed by atoms with van der Waals surface area (Å²) < 4.78 is 83.8. The molecule has 4 aromatic heterocycles. The van der Waals surface area contributed by atoms with E-state index in [0.717, 1.165) is 10.9 Å². The van der Waals surface area contributed by atoms with Crippen molar-refractivity contribution >= 4 is 71.0 Å². The first-order chi connectivity index (χ1) is 22.6. The second-order valence-corrected chi connectivity index (χ2v) is 17.1.